The Balaban J connectivity index is 2.19. The first-order valence-electron chi connectivity index (χ1n) is 6.61. The second-order valence-corrected chi connectivity index (χ2v) is 5.09. The summed E-state index contributed by atoms with van der Waals surface area (Å²) in [7, 11) is 1.56. The smallest absolute Gasteiger partial charge is 0.251 e. The van der Waals surface area contributed by atoms with Crippen molar-refractivity contribution < 1.29 is 19.1 Å². The molecule has 0 aliphatic carbocycles. The predicted octanol–water partition coefficient (Wildman–Crippen LogP) is 1.50. The molecule has 1 aromatic carbocycles. The molecule has 0 saturated carbocycles. The van der Waals surface area contributed by atoms with Crippen molar-refractivity contribution >= 4 is 35.0 Å². The van der Waals surface area contributed by atoms with Crippen molar-refractivity contribution in [3.05, 3.63) is 33.8 Å². The number of carbonyl (C=O) groups is 2. The summed E-state index contributed by atoms with van der Waals surface area (Å²) < 4.78 is 9.84. The molecule has 6 nitrogen and oxygen atoms in total. The molecule has 0 aliphatic rings. The Bertz CT molecular complexity index is 512. The van der Waals surface area contributed by atoms with Crippen LogP contribution in [0.15, 0.2) is 18.2 Å². The first-order chi connectivity index (χ1) is 10.5. The Morgan fingerprint density at radius 3 is 2.50 bits per heavy atom. The van der Waals surface area contributed by atoms with Crippen LogP contribution in [-0.4, -0.2) is 51.8 Å². The number of hydrogen-bond acceptors (Lipinski definition) is 4. The first kappa shape index (κ1) is 18.7. The zero-order chi connectivity index (χ0) is 16.4. The van der Waals surface area contributed by atoms with Gasteiger partial charge in [-0.25, -0.2) is 0 Å². The lowest BCUT2D eigenvalue weighted by atomic mass is 10.2. The standard InChI is InChI=1S/C14H18Cl2N2O4/c1-21-6-7-22-9-13(19)17-4-5-18-14(20)10-2-3-11(15)12(16)8-10/h2-3,8H,4-7,9H2,1H3,(H,17,19)(H,18,20). The number of benzene rings is 1. The number of halogens is 2. The minimum absolute atomic E-state index is 0.0376. The molecule has 8 heteroatoms. The van der Waals surface area contributed by atoms with Gasteiger partial charge in [-0.3, -0.25) is 9.59 Å². The van der Waals surface area contributed by atoms with Crippen molar-refractivity contribution in [2.24, 2.45) is 0 Å². The highest BCUT2D eigenvalue weighted by Gasteiger charge is 2.07. The van der Waals surface area contributed by atoms with Crippen LogP contribution in [0, 0.1) is 0 Å². The highest BCUT2D eigenvalue weighted by atomic mass is 35.5. The van der Waals surface area contributed by atoms with E-state index in [2.05, 4.69) is 10.6 Å². The van der Waals surface area contributed by atoms with Crippen LogP contribution >= 0.6 is 23.2 Å². The van der Waals surface area contributed by atoms with Crippen molar-refractivity contribution in [2.75, 3.05) is 40.0 Å². The fourth-order valence-corrected chi connectivity index (χ4v) is 1.77. The average Bonchev–Trinajstić information content (AvgIpc) is 2.50. The van der Waals surface area contributed by atoms with Gasteiger partial charge in [0, 0.05) is 25.8 Å². The second kappa shape index (κ2) is 10.4. The fourth-order valence-electron chi connectivity index (χ4n) is 1.48. The zero-order valence-corrected chi connectivity index (χ0v) is 13.7. The summed E-state index contributed by atoms with van der Waals surface area (Å²) in [6.45, 7) is 1.36. The maximum Gasteiger partial charge on any atom is 0.251 e. The van der Waals surface area contributed by atoms with Crippen molar-refractivity contribution in [3.8, 4) is 0 Å². The van der Waals surface area contributed by atoms with Gasteiger partial charge in [0.25, 0.3) is 5.91 Å². The van der Waals surface area contributed by atoms with Crippen molar-refractivity contribution in [1.82, 2.24) is 10.6 Å². The monoisotopic (exact) mass is 348 g/mol. The SMILES string of the molecule is COCCOCC(=O)NCCNC(=O)c1ccc(Cl)c(Cl)c1. The largest absolute Gasteiger partial charge is 0.382 e. The molecular formula is C14H18Cl2N2O4. The first-order valence-corrected chi connectivity index (χ1v) is 7.37. The number of nitrogens with one attached hydrogen (secondary N) is 2. The van der Waals surface area contributed by atoms with Crippen LogP contribution in [0.4, 0.5) is 0 Å². The number of ether oxygens (including phenoxy) is 2. The molecule has 1 aromatic rings. The van der Waals surface area contributed by atoms with E-state index in [4.69, 9.17) is 32.7 Å². The highest BCUT2D eigenvalue weighted by molar-refractivity contribution is 6.42. The molecule has 0 fully saturated rings. The van der Waals surface area contributed by atoms with E-state index in [9.17, 15) is 9.59 Å². The lowest BCUT2D eigenvalue weighted by molar-refractivity contribution is -0.126. The third-order valence-corrected chi connectivity index (χ3v) is 3.32. The summed E-state index contributed by atoms with van der Waals surface area (Å²) in [5, 5.41) is 5.98. The summed E-state index contributed by atoms with van der Waals surface area (Å²) in [6, 6.07) is 4.62. The second-order valence-electron chi connectivity index (χ2n) is 4.28. The van der Waals surface area contributed by atoms with E-state index in [1.807, 2.05) is 0 Å². The van der Waals surface area contributed by atoms with Gasteiger partial charge in [-0.15, -0.1) is 0 Å². The zero-order valence-electron chi connectivity index (χ0n) is 12.2. The van der Waals surface area contributed by atoms with Crippen LogP contribution in [0.25, 0.3) is 0 Å². The molecule has 2 N–H and O–H groups in total. The van der Waals surface area contributed by atoms with E-state index >= 15 is 0 Å². The van der Waals surface area contributed by atoms with Gasteiger partial charge in [-0.2, -0.15) is 0 Å². The molecule has 0 atom stereocenters. The molecule has 2 amide bonds. The molecule has 122 valence electrons. The van der Waals surface area contributed by atoms with Gasteiger partial charge in [0.2, 0.25) is 5.91 Å². The number of hydrogen-bond donors (Lipinski definition) is 2. The summed E-state index contributed by atoms with van der Waals surface area (Å²) in [4.78, 5) is 23.2. The molecule has 22 heavy (non-hydrogen) atoms. The molecule has 0 saturated heterocycles. The van der Waals surface area contributed by atoms with Crippen LogP contribution in [0.2, 0.25) is 10.0 Å². The Hall–Kier alpha value is -1.34. The highest BCUT2D eigenvalue weighted by Crippen LogP contribution is 2.22. The van der Waals surface area contributed by atoms with Crippen molar-refractivity contribution in [3.63, 3.8) is 0 Å². The van der Waals surface area contributed by atoms with Crippen molar-refractivity contribution in [2.45, 2.75) is 0 Å². The Labute approximate surface area is 139 Å². The van der Waals surface area contributed by atoms with E-state index in [0.29, 0.717) is 41.9 Å². The Kier molecular flexibility index (Phi) is 8.84. The minimum Gasteiger partial charge on any atom is -0.382 e. The number of amides is 2. The van der Waals surface area contributed by atoms with Gasteiger partial charge in [0.1, 0.15) is 6.61 Å². The molecule has 0 aliphatic heterocycles. The molecule has 0 bridgehead atoms. The van der Waals surface area contributed by atoms with Gasteiger partial charge in [0.15, 0.2) is 0 Å². The van der Waals surface area contributed by atoms with E-state index in [0.717, 1.165) is 0 Å². The van der Waals surface area contributed by atoms with Crippen LogP contribution in [0.3, 0.4) is 0 Å². The summed E-state index contributed by atoms with van der Waals surface area (Å²) in [6.07, 6.45) is 0. The summed E-state index contributed by atoms with van der Waals surface area (Å²) >= 11 is 11.6. The molecular weight excluding hydrogens is 331 g/mol. The molecule has 0 unspecified atom stereocenters. The normalized spacial score (nSPS) is 10.3. The minimum atomic E-state index is -0.288. The summed E-state index contributed by atoms with van der Waals surface area (Å²) in [5.74, 6) is -0.538. The third kappa shape index (κ3) is 7.09. The van der Waals surface area contributed by atoms with Gasteiger partial charge in [-0.1, -0.05) is 23.2 Å². The van der Waals surface area contributed by atoms with Gasteiger partial charge in [-0.05, 0) is 18.2 Å². The van der Waals surface area contributed by atoms with Crippen LogP contribution in [-0.2, 0) is 14.3 Å². The van der Waals surface area contributed by atoms with E-state index < -0.39 is 0 Å². The Morgan fingerprint density at radius 1 is 1.09 bits per heavy atom. The van der Waals surface area contributed by atoms with E-state index in [1.165, 1.54) is 6.07 Å². The summed E-state index contributed by atoms with van der Waals surface area (Å²) in [5.41, 5.74) is 0.406. The molecule has 0 aromatic heterocycles. The molecule has 0 heterocycles. The lowest BCUT2D eigenvalue weighted by Gasteiger charge is -2.08. The fraction of sp³-hybridized carbons (Fsp3) is 0.429. The van der Waals surface area contributed by atoms with E-state index in [1.54, 1.807) is 19.2 Å². The third-order valence-electron chi connectivity index (χ3n) is 2.58. The maximum absolute atomic E-state index is 11.8. The number of carbonyl (C=O) groups excluding carboxylic acids is 2. The van der Waals surface area contributed by atoms with Crippen LogP contribution < -0.4 is 10.6 Å². The quantitative estimate of drug-likeness (QED) is 0.663. The lowest BCUT2D eigenvalue weighted by Crippen LogP contribution is -2.36. The van der Waals surface area contributed by atoms with E-state index in [-0.39, 0.29) is 18.4 Å². The van der Waals surface area contributed by atoms with Crippen molar-refractivity contribution in [1.29, 1.82) is 0 Å². The number of rotatable bonds is 9. The predicted molar refractivity (Wildman–Crippen MR) is 84.5 cm³/mol. The van der Waals surface area contributed by atoms with Crippen LogP contribution in [0.5, 0.6) is 0 Å². The Morgan fingerprint density at radius 2 is 1.82 bits per heavy atom. The average molecular weight is 349 g/mol. The maximum atomic E-state index is 11.8. The van der Waals surface area contributed by atoms with Gasteiger partial charge < -0.3 is 20.1 Å². The topological polar surface area (TPSA) is 76.7 Å². The van der Waals surface area contributed by atoms with Crippen LogP contribution in [0.1, 0.15) is 10.4 Å². The van der Waals surface area contributed by atoms with Gasteiger partial charge in [0.05, 0.1) is 23.3 Å². The van der Waals surface area contributed by atoms with Gasteiger partial charge >= 0.3 is 0 Å². The molecule has 0 radical (unpaired) electrons. The number of methoxy groups -OCH3 is 1. The molecule has 1 rings (SSSR count). The molecule has 0 spiro atoms.